The van der Waals surface area contributed by atoms with E-state index in [0.717, 1.165) is 42.8 Å². The minimum absolute atomic E-state index is 0.180. The Labute approximate surface area is 145 Å². The molecule has 6 nitrogen and oxygen atoms in total. The van der Waals surface area contributed by atoms with Crippen LogP contribution in [0.3, 0.4) is 0 Å². The van der Waals surface area contributed by atoms with Crippen molar-refractivity contribution in [2.75, 3.05) is 54.1 Å². The first kappa shape index (κ1) is 18.0. The monoisotopic (exact) mass is 386 g/mol. The lowest BCUT2D eigenvalue weighted by Crippen LogP contribution is -2.47. The van der Waals surface area contributed by atoms with Gasteiger partial charge in [0.05, 0.1) is 32.3 Å². The quantitative estimate of drug-likeness (QED) is 0.694. The van der Waals surface area contributed by atoms with Crippen LogP contribution in [0.1, 0.15) is 5.56 Å². The second kappa shape index (κ2) is 8.52. The Morgan fingerprint density at radius 3 is 2.30 bits per heavy atom. The van der Waals surface area contributed by atoms with E-state index in [1.54, 1.807) is 14.2 Å². The first-order chi connectivity index (χ1) is 11.1. The summed E-state index contributed by atoms with van der Waals surface area (Å²) in [5.41, 5.74) is 1.16. The van der Waals surface area contributed by atoms with Gasteiger partial charge in [0, 0.05) is 32.7 Å². The van der Waals surface area contributed by atoms with E-state index < -0.39 is 0 Å². The Morgan fingerprint density at radius 1 is 1.09 bits per heavy atom. The van der Waals surface area contributed by atoms with Crippen molar-refractivity contribution in [3.05, 3.63) is 22.2 Å². The topological polar surface area (TPSA) is 51.2 Å². The van der Waals surface area contributed by atoms with E-state index in [0.29, 0.717) is 18.0 Å². The highest BCUT2D eigenvalue weighted by Crippen LogP contribution is 2.38. The van der Waals surface area contributed by atoms with Gasteiger partial charge in [-0.1, -0.05) is 6.07 Å². The van der Waals surface area contributed by atoms with Crippen LogP contribution in [-0.2, 0) is 16.1 Å². The van der Waals surface area contributed by atoms with Gasteiger partial charge in [-0.2, -0.15) is 0 Å². The van der Waals surface area contributed by atoms with Crippen LogP contribution in [0.4, 0.5) is 0 Å². The average Bonchev–Trinajstić information content (AvgIpc) is 2.57. The Kier molecular flexibility index (Phi) is 6.68. The van der Waals surface area contributed by atoms with Crippen LogP contribution < -0.4 is 9.47 Å². The maximum Gasteiger partial charge on any atom is 0.319 e. The molecule has 0 atom stereocenters. The predicted octanol–water partition coefficient (Wildman–Crippen LogP) is 1.76. The fourth-order valence-corrected chi connectivity index (χ4v) is 3.26. The largest absolute Gasteiger partial charge is 0.493 e. The number of carbonyl (C=O) groups is 1. The molecule has 1 aromatic carbocycles. The molecule has 0 aliphatic carbocycles. The number of esters is 1. The van der Waals surface area contributed by atoms with E-state index in [-0.39, 0.29) is 5.97 Å². The van der Waals surface area contributed by atoms with Crippen molar-refractivity contribution in [3.8, 4) is 11.5 Å². The molecule has 1 fully saturated rings. The predicted molar refractivity (Wildman–Crippen MR) is 91.0 cm³/mol. The van der Waals surface area contributed by atoms with Crippen LogP contribution in [0.25, 0.3) is 0 Å². The number of halogens is 1. The highest BCUT2D eigenvalue weighted by molar-refractivity contribution is 9.10. The highest BCUT2D eigenvalue weighted by atomic mass is 79.9. The molecule has 0 spiro atoms. The molecule has 1 aliphatic heterocycles. The standard InChI is InChI=1S/C16H23BrN2O4/c1-21-13-5-4-12(15(17)16(13)23-3)10-18-6-8-19(9-7-18)11-14(20)22-2/h4-5H,6-11H2,1-3H3. The lowest BCUT2D eigenvalue weighted by molar-refractivity contribution is -0.142. The second-order valence-electron chi connectivity index (χ2n) is 5.40. The molecule has 1 aromatic rings. The number of hydrogen-bond acceptors (Lipinski definition) is 6. The summed E-state index contributed by atoms with van der Waals surface area (Å²) in [6, 6.07) is 3.97. The zero-order chi connectivity index (χ0) is 16.8. The third kappa shape index (κ3) is 4.59. The van der Waals surface area contributed by atoms with Gasteiger partial charge in [0.2, 0.25) is 0 Å². The SMILES string of the molecule is COC(=O)CN1CCN(Cc2ccc(OC)c(OC)c2Br)CC1. The van der Waals surface area contributed by atoms with E-state index in [4.69, 9.17) is 14.2 Å². The van der Waals surface area contributed by atoms with Crippen molar-refractivity contribution in [1.82, 2.24) is 9.80 Å². The molecule has 1 heterocycles. The summed E-state index contributed by atoms with van der Waals surface area (Å²) in [6.07, 6.45) is 0. The lowest BCUT2D eigenvalue weighted by Gasteiger charge is -2.34. The molecule has 0 bridgehead atoms. The van der Waals surface area contributed by atoms with E-state index in [1.807, 2.05) is 12.1 Å². The molecule has 0 amide bonds. The van der Waals surface area contributed by atoms with Crippen LogP contribution >= 0.6 is 15.9 Å². The summed E-state index contributed by atoms with van der Waals surface area (Å²) in [5.74, 6) is 1.25. The summed E-state index contributed by atoms with van der Waals surface area (Å²) < 4.78 is 16.4. The fourth-order valence-electron chi connectivity index (χ4n) is 2.65. The number of nitrogens with zero attached hydrogens (tertiary/aromatic N) is 2. The molecular formula is C16H23BrN2O4. The summed E-state index contributed by atoms with van der Waals surface area (Å²) in [6.45, 7) is 4.74. The van der Waals surface area contributed by atoms with Gasteiger partial charge in [0.1, 0.15) is 0 Å². The van der Waals surface area contributed by atoms with E-state index >= 15 is 0 Å². The Balaban J connectivity index is 1.95. The number of carbonyl (C=O) groups excluding carboxylic acids is 1. The summed E-state index contributed by atoms with van der Waals surface area (Å²) >= 11 is 3.61. The Hall–Kier alpha value is -1.31. The molecule has 2 rings (SSSR count). The number of piperazine rings is 1. The normalized spacial score (nSPS) is 16.2. The zero-order valence-electron chi connectivity index (χ0n) is 13.8. The number of rotatable bonds is 6. The van der Waals surface area contributed by atoms with Crippen LogP contribution in [-0.4, -0.2) is 69.8 Å². The zero-order valence-corrected chi connectivity index (χ0v) is 15.4. The van der Waals surface area contributed by atoms with Crippen LogP contribution in [0.2, 0.25) is 0 Å². The van der Waals surface area contributed by atoms with Gasteiger partial charge >= 0.3 is 5.97 Å². The van der Waals surface area contributed by atoms with Crippen molar-refractivity contribution in [1.29, 1.82) is 0 Å². The molecule has 7 heteroatoms. The van der Waals surface area contributed by atoms with Gasteiger partial charge in [0.25, 0.3) is 0 Å². The summed E-state index contributed by atoms with van der Waals surface area (Å²) in [5, 5.41) is 0. The molecule has 128 valence electrons. The van der Waals surface area contributed by atoms with E-state index in [2.05, 4.69) is 25.7 Å². The minimum Gasteiger partial charge on any atom is -0.493 e. The first-order valence-electron chi connectivity index (χ1n) is 7.50. The van der Waals surface area contributed by atoms with Crippen LogP contribution in [0.5, 0.6) is 11.5 Å². The molecule has 0 N–H and O–H groups in total. The van der Waals surface area contributed by atoms with Gasteiger partial charge in [-0.25, -0.2) is 0 Å². The van der Waals surface area contributed by atoms with Crippen molar-refractivity contribution < 1.29 is 19.0 Å². The van der Waals surface area contributed by atoms with Gasteiger partial charge < -0.3 is 14.2 Å². The number of hydrogen-bond donors (Lipinski definition) is 0. The fraction of sp³-hybridized carbons (Fsp3) is 0.562. The van der Waals surface area contributed by atoms with Crippen LogP contribution in [0.15, 0.2) is 16.6 Å². The number of methoxy groups -OCH3 is 3. The second-order valence-corrected chi connectivity index (χ2v) is 6.20. The summed E-state index contributed by atoms with van der Waals surface area (Å²) in [7, 11) is 4.69. The lowest BCUT2D eigenvalue weighted by atomic mass is 10.1. The van der Waals surface area contributed by atoms with Crippen molar-refractivity contribution in [2.45, 2.75) is 6.54 Å². The maximum atomic E-state index is 11.3. The average molecular weight is 387 g/mol. The highest BCUT2D eigenvalue weighted by Gasteiger charge is 2.21. The van der Waals surface area contributed by atoms with Crippen molar-refractivity contribution in [2.24, 2.45) is 0 Å². The molecule has 0 unspecified atom stereocenters. The van der Waals surface area contributed by atoms with Gasteiger partial charge in [-0.05, 0) is 27.6 Å². The van der Waals surface area contributed by atoms with E-state index in [1.165, 1.54) is 7.11 Å². The van der Waals surface area contributed by atoms with Crippen molar-refractivity contribution in [3.63, 3.8) is 0 Å². The molecule has 0 saturated carbocycles. The summed E-state index contributed by atoms with van der Waals surface area (Å²) in [4.78, 5) is 15.8. The maximum absolute atomic E-state index is 11.3. The molecule has 1 saturated heterocycles. The molecule has 0 radical (unpaired) electrons. The van der Waals surface area contributed by atoms with E-state index in [9.17, 15) is 4.79 Å². The molecule has 0 aromatic heterocycles. The van der Waals surface area contributed by atoms with Gasteiger partial charge in [-0.3, -0.25) is 14.6 Å². The molecular weight excluding hydrogens is 364 g/mol. The van der Waals surface area contributed by atoms with Gasteiger partial charge in [-0.15, -0.1) is 0 Å². The first-order valence-corrected chi connectivity index (χ1v) is 8.29. The third-order valence-electron chi connectivity index (χ3n) is 4.00. The molecule has 23 heavy (non-hydrogen) atoms. The van der Waals surface area contributed by atoms with Crippen LogP contribution in [0, 0.1) is 0 Å². The van der Waals surface area contributed by atoms with Gasteiger partial charge in [0.15, 0.2) is 11.5 Å². The third-order valence-corrected chi connectivity index (χ3v) is 4.87. The van der Waals surface area contributed by atoms with Crippen molar-refractivity contribution >= 4 is 21.9 Å². The number of benzene rings is 1. The smallest absolute Gasteiger partial charge is 0.319 e. The Bertz CT molecular complexity index is 545. The molecule has 1 aliphatic rings. The minimum atomic E-state index is -0.180. The number of ether oxygens (including phenoxy) is 3. The Morgan fingerprint density at radius 2 is 1.74 bits per heavy atom.